The lowest BCUT2D eigenvalue weighted by molar-refractivity contribution is -0.137. The molecule has 1 aromatic rings. The maximum atomic E-state index is 13.9. The molecule has 0 atom stereocenters. The molecule has 0 amide bonds. The van der Waals surface area contributed by atoms with Crippen LogP contribution in [-0.2, 0) is 10.2 Å². The summed E-state index contributed by atoms with van der Waals surface area (Å²) in [6.45, 7) is 0. The zero-order valence-electron chi connectivity index (χ0n) is 9.30. The van der Waals surface area contributed by atoms with E-state index in [0.717, 1.165) is 0 Å². The Bertz CT molecular complexity index is 469. The molecule has 1 aliphatic rings. The molecule has 1 saturated carbocycles. The Morgan fingerprint density at radius 2 is 2.24 bits per heavy atom. The summed E-state index contributed by atoms with van der Waals surface area (Å²) in [4.78, 5) is 10.8. The van der Waals surface area contributed by atoms with Crippen molar-refractivity contribution < 1.29 is 19.0 Å². The Hall–Kier alpha value is -1.10. The minimum absolute atomic E-state index is 0.0588. The van der Waals surface area contributed by atoms with Crippen LogP contribution in [0.4, 0.5) is 4.39 Å². The zero-order chi connectivity index (χ0) is 12.6. The fourth-order valence-corrected chi connectivity index (χ4v) is 2.67. The largest absolute Gasteiger partial charge is 0.495 e. The molecule has 0 spiro atoms. The molecule has 0 aliphatic heterocycles. The molecule has 0 aromatic heterocycles. The molecule has 92 valence electrons. The van der Waals surface area contributed by atoms with E-state index in [4.69, 9.17) is 9.84 Å². The van der Waals surface area contributed by atoms with Gasteiger partial charge in [-0.05, 0) is 40.9 Å². The van der Waals surface area contributed by atoms with E-state index in [1.807, 2.05) is 0 Å². The molecule has 3 nitrogen and oxygen atoms in total. The van der Waals surface area contributed by atoms with Gasteiger partial charge in [0, 0.05) is 11.0 Å². The highest BCUT2D eigenvalue weighted by Gasteiger charge is 2.49. The Morgan fingerprint density at radius 1 is 1.59 bits per heavy atom. The lowest BCUT2D eigenvalue weighted by Gasteiger charge is -2.18. The summed E-state index contributed by atoms with van der Waals surface area (Å²) in [5, 5.41) is 8.90. The first kappa shape index (κ1) is 12.4. The second kappa shape index (κ2) is 4.29. The summed E-state index contributed by atoms with van der Waals surface area (Å²) in [5.41, 5.74) is -0.206. The van der Waals surface area contributed by atoms with Crippen LogP contribution in [-0.4, -0.2) is 18.2 Å². The molecular weight excluding hydrogens is 291 g/mol. The number of hydrogen-bond acceptors (Lipinski definition) is 2. The zero-order valence-corrected chi connectivity index (χ0v) is 10.9. The van der Waals surface area contributed by atoms with Gasteiger partial charge in [0.25, 0.3) is 0 Å². The van der Waals surface area contributed by atoms with E-state index in [0.29, 0.717) is 28.6 Å². The average Bonchev–Trinajstić information content (AvgIpc) is 3.00. The molecule has 0 bridgehead atoms. The number of carbonyl (C=O) groups is 1. The lowest BCUT2D eigenvalue weighted by atomic mass is 9.91. The Morgan fingerprint density at radius 3 is 2.71 bits per heavy atom. The SMILES string of the molecule is COc1c(Br)ccc(F)c1C1(CC(=O)O)CC1. The highest BCUT2D eigenvalue weighted by atomic mass is 79.9. The van der Waals surface area contributed by atoms with Crippen molar-refractivity contribution >= 4 is 21.9 Å². The third-order valence-electron chi connectivity index (χ3n) is 3.14. The molecule has 0 saturated heterocycles. The van der Waals surface area contributed by atoms with Crippen LogP contribution in [0.15, 0.2) is 16.6 Å². The van der Waals surface area contributed by atoms with Crippen LogP contribution >= 0.6 is 15.9 Å². The monoisotopic (exact) mass is 302 g/mol. The number of rotatable bonds is 4. The third kappa shape index (κ3) is 2.16. The second-order valence-corrected chi connectivity index (χ2v) is 5.14. The predicted octanol–water partition coefficient (Wildman–Crippen LogP) is 3.10. The first-order chi connectivity index (χ1) is 8.00. The van der Waals surface area contributed by atoms with Gasteiger partial charge >= 0.3 is 5.97 Å². The van der Waals surface area contributed by atoms with Crippen molar-refractivity contribution in [3.8, 4) is 5.75 Å². The summed E-state index contributed by atoms with van der Waals surface area (Å²) in [6, 6.07) is 2.90. The van der Waals surface area contributed by atoms with Crippen molar-refractivity contribution in [3.63, 3.8) is 0 Å². The summed E-state index contributed by atoms with van der Waals surface area (Å²) < 4.78 is 19.7. The molecule has 0 radical (unpaired) electrons. The summed E-state index contributed by atoms with van der Waals surface area (Å²) >= 11 is 3.29. The molecule has 1 aromatic carbocycles. The normalized spacial score (nSPS) is 16.6. The number of methoxy groups -OCH3 is 1. The van der Waals surface area contributed by atoms with Gasteiger partial charge in [0.15, 0.2) is 0 Å². The van der Waals surface area contributed by atoms with Crippen LogP contribution in [0.25, 0.3) is 0 Å². The van der Waals surface area contributed by atoms with Gasteiger partial charge in [0.05, 0.1) is 18.0 Å². The van der Waals surface area contributed by atoms with E-state index in [2.05, 4.69) is 15.9 Å². The lowest BCUT2D eigenvalue weighted by Crippen LogP contribution is -2.16. The molecule has 2 rings (SSSR count). The molecular formula is C12H12BrFO3. The van der Waals surface area contributed by atoms with Crippen molar-refractivity contribution in [2.75, 3.05) is 7.11 Å². The molecule has 1 fully saturated rings. The van der Waals surface area contributed by atoms with Gasteiger partial charge in [-0.2, -0.15) is 0 Å². The molecule has 0 unspecified atom stereocenters. The Kier molecular flexibility index (Phi) is 3.12. The van der Waals surface area contributed by atoms with Gasteiger partial charge in [0.1, 0.15) is 11.6 Å². The van der Waals surface area contributed by atoms with Crippen LogP contribution in [0.5, 0.6) is 5.75 Å². The van der Waals surface area contributed by atoms with E-state index in [1.54, 1.807) is 6.07 Å². The summed E-state index contributed by atoms with van der Waals surface area (Å²) in [7, 11) is 1.46. The van der Waals surface area contributed by atoms with Crippen LogP contribution in [0.1, 0.15) is 24.8 Å². The smallest absolute Gasteiger partial charge is 0.304 e. The van der Waals surface area contributed by atoms with E-state index in [-0.39, 0.29) is 6.42 Å². The molecule has 1 aliphatic carbocycles. The number of benzene rings is 1. The average molecular weight is 303 g/mol. The van der Waals surface area contributed by atoms with Crippen molar-refractivity contribution in [3.05, 3.63) is 28.0 Å². The van der Waals surface area contributed by atoms with Gasteiger partial charge < -0.3 is 9.84 Å². The third-order valence-corrected chi connectivity index (χ3v) is 3.76. The number of aliphatic carboxylic acids is 1. The van der Waals surface area contributed by atoms with Gasteiger partial charge in [-0.3, -0.25) is 4.79 Å². The first-order valence-corrected chi connectivity index (χ1v) is 6.04. The topological polar surface area (TPSA) is 46.5 Å². The van der Waals surface area contributed by atoms with E-state index >= 15 is 0 Å². The van der Waals surface area contributed by atoms with Crippen LogP contribution < -0.4 is 4.74 Å². The van der Waals surface area contributed by atoms with Gasteiger partial charge in [-0.15, -0.1) is 0 Å². The van der Waals surface area contributed by atoms with Crippen LogP contribution in [0, 0.1) is 5.82 Å². The number of carboxylic acid groups (broad SMARTS) is 1. The number of hydrogen-bond donors (Lipinski definition) is 1. The van der Waals surface area contributed by atoms with Gasteiger partial charge in [0.2, 0.25) is 0 Å². The highest BCUT2D eigenvalue weighted by molar-refractivity contribution is 9.10. The molecule has 5 heteroatoms. The highest BCUT2D eigenvalue weighted by Crippen LogP contribution is 2.55. The minimum atomic E-state index is -0.913. The quantitative estimate of drug-likeness (QED) is 0.929. The second-order valence-electron chi connectivity index (χ2n) is 4.29. The molecule has 0 heterocycles. The summed E-state index contributed by atoms with van der Waals surface area (Å²) in [5.74, 6) is -0.906. The molecule has 17 heavy (non-hydrogen) atoms. The Balaban J connectivity index is 2.51. The molecule has 1 N–H and O–H groups in total. The van der Waals surface area contributed by atoms with Crippen LogP contribution in [0.2, 0.25) is 0 Å². The van der Waals surface area contributed by atoms with Crippen molar-refractivity contribution in [1.29, 1.82) is 0 Å². The van der Waals surface area contributed by atoms with Crippen molar-refractivity contribution in [1.82, 2.24) is 0 Å². The predicted molar refractivity (Wildman–Crippen MR) is 63.8 cm³/mol. The number of halogens is 2. The van der Waals surface area contributed by atoms with Crippen molar-refractivity contribution in [2.45, 2.75) is 24.7 Å². The first-order valence-electron chi connectivity index (χ1n) is 5.24. The Labute approximate surface area is 107 Å². The van der Waals surface area contributed by atoms with E-state index in [9.17, 15) is 9.18 Å². The van der Waals surface area contributed by atoms with Crippen molar-refractivity contribution in [2.24, 2.45) is 0 Å². The maximum Gasteiger partial charge on any atom is 0.304 e. The van der Waals surface area contributed by atoms with Crippen LogP contribution in [0.3, 0.4) is 0 Å². The van der Waals surface area contributed by atoms with E-state index < -0.39 is 17.2 Å². The standard InChI is InChI=1S/C12H12BrFO3/c1-17-11-7(13)2-3-8(14)10(11)12(4-5-12)6-9(15)16/h2-3H,4-6H2,1H3,(H,15,16). The number of ether oxygens (including phenoxy) is 1. The summed E-state index contributed by atoms with van der Waals surface area (Å²) in [6.07, 6.45) is 1.31. The fraction of sp³-hybridized carbons (Fsp3) is 0.417. The minimum Gasteiger partial charge on any atom is -0.495 e. The fourth-order valence-electron chi connectivity index (χ4n) is 2.18. The van der Waals surface area contributed by atoms with Gasteiger partial charge in [-0.1, -0.05) is 0 Å². The number of carboxylic acids is 1. The van der Waals surface area contributed by atoms with E-state index in [1.165, 1.54) is 13.2 Å². The van der Waals surface area contributed by atoms with Gasteiger partial charge in [-0.25, -0.2) is 4.39 Å². The maximum absolute atomic E-state index is 13.9.